The van der Waals surface area contributed by atoms with E-state index in [4.69, 9.17) is 0 Å². The quantitative estimate of drug-likeness (QED) is 0.600. The minimum absolute atomic E-state index is 0.0401. The van der Waals surface area contributed by atoms with Gasteiger partial charge in [0.25, 0.3) is 11.8 Å². The second-order valence-electron chi connectivity index (χ2n) is 3.45. The molecule has 1 aliphatic rings. The number of carbonyl (C=O) groups is 3. The number of hydrogen-bond donors (Lipinski definition) is 1. The summed E-state index contributed by atoms with van der Waals surface area (Å²) in [5.41, 5.74) is 0.759. The Labute approximate surface area is 92.0 Å². The van der Waals surface area contributed by atoms with Crippen LogP contribution in [0.2, 0.25) is 0 Å². The van der Waals surface area contributed by atoms with Crippen molar-refractivity contribution in [2.45, 2.75) is 6.42 Å². The summed E-state index contributed by atoms with van der Waals surface area (Å²) in [6, 6.07) is 8.67. The van der Waals surface area contributed by atoms with Crippen LogP contribution in [0.3, 0.4) is 0 Å². The summed E-state index contributed by atoms with van der Waals surface area (Å²) in [7, 11) is 0. The molecule has 0 bridgehead atoms. The zero-order chi connectivity index (χ0) is 11.5. The molecule has 0 aliphatic carbocycles. The largest absolute Gasteiger partial charge is 0.294 e. The Balaban J connectivity index is 2.12. The van der Waals surface area contributed by atoms with E-state index in [-0.39, 0.29) is 17.8 Å². The van der Waals surface area contributed by atoms with Crippen molar-refractivity contribution in [1.29, 1.82) is 0 Å². The van der Waals surface area contributed by atoms with Crippen LogP contribution in [0.1, 0.15) is 16.8 Å². The first kappa shape index (κ1) is 10.3. The van der Waals surface area contributed by atoms with Crippen molar-refractivity contribution < 1.29 is 14.4 Å². The maximum Gasteiger partial charge on any atom is 0.254 e. The van der Waals surface area contributed by atoms with Crippen LogP contribution in [0.25, 0.3) is 0 Å². The van der Waals surface area contributed by atoms with E-state index in [1.165, 1.54) is 6.08 Å². The van der Waals surface area contributed by atoms with Gasteiger partial charge in [0.05, 0.1) is 0 Å². The molecule has 0 unspecified atom stereocenters. The molecule has 1 heterocycles. The maximum absolute atomic E-state index is 11.7. The summed E-state index contributed by atoms with van der Waals surface area (Å²) in [5.74, 6) is -1.10. The van der Waals surface area contributed by atoms with Crippen molar-refractivity contribution >= 4 is 17.6 Å². The minimum atomic E-state index is -0.478. The number of hydrogen-bond acceptors (Lipinski definition) is 3. The van der Waals surface area contributed by atoms with E-state index in [0.717, 1.165) is 0 Å². The molecule has 0 atom stereocenters. The molecule has 2 rings (SSSR count). The average Bonchev–Trinajstić information content (AvgIpc) is 2.59. The predicted octanol–water partition coefficient (Wildman–Crippen LogP) is 0.842. The average molecular weight is 215 g/mol. The first-order valence-electron chi connectivity index (χ1n) is 4.81. The number of carbonyl (C=O) groups excluding carboxylic acids is 3. The van der Waals surface area contributed by atoms with Crippen LogP contribution < -0.4 is 5.32 Å². The van der Waals surface area contributed by atoms with Crippen molar-refractivity contribution in [3.05, 3.63) is 47.5 Å². The molecule has 0 saturated carbocycles. The fraction of sp³-hybridized carbons (Fsp3) is 0.0833. The lowest BCUT2D eigenvalue weighted by molar-refractivity contribution is -0.123. The normalized spacial score (nSPS) is 14.6. The van der Waals surface area contributed by atoms with Crippen molar-refractivity contribution in [3.8, 4) is 0 Å². The first-order valence-corrected chi connectivity index (χ1v) is 4.81. The molecule has 0 aromatic heterocycles. The standard InChI is InChI=1S/C12H9NO3/c14-10(8-4-2-1-3-5-8)6-9-7-11(15)13-12(9)16/h1-5,7H,6H2,(H,13,15,16). The molecule has 4 heteroatoms. The van der Waals surface area contributed by atoms with Gasteiger partial charge in [-0.15, -0.1) is 0 Å². The molecule has 1 aliphatic heterocycles. The van der Waals surface area contributed by atoms with E-state index in [0.29, 0.717) is 5.56 Å². The summed E-state index contributed by atoms with van der Waals surface area (Å²) in [6.45, 7) is 0. The molecular formula is C12H9NO3. The molecule has 1 aromatic carbocycles. The molecule has 2 amide bonds. The third-order valence-electron chi connectivity index (χ3n) is 2.28. The second-order valence-corrected chi connectivity index (χ2v) is 3.45. The Morgan fingerprint density at radius 2 is 1.81 bits per heavy atom. The van der Waals surface area contributed by atoms with Gasteiger partial charge in [-0.1, -0.05) is 30.3 Å². The Morgan fingerprint density at radius 1 is 1.12 bits per heavy atom. The van der Waals surface area contributed by atoms with Crippen molar-refractivity contribution in [1.82, 2.24) is 5.32 Å². The molecule has 80 valence electrons. The summed E-state index contributed by atoms with van der Waals surface area (Å²) in [6.07, 6.45) is 1.13. The van der Waals surface area contributed by atoms with Gasteiger partial charge in [0.15, 0.2) is 5.78 Å². The molecule has 0 radical (unpaired) electrons. The highest BCUT2D eigenvalue weighted by Crippen LogP contribution is 2.12. The van der Waals surface area contributed by atoms with Gasteiger partial charge in [-0.05, 0) is 0 Å². The number of Topliss-reactive ketones (excluding diaryl/α,β-unsaturated/α-hetero) is 1. The summed E-state index contributed by atoms with van der Waals surface area (Å²) in [5, 5.41) is 2.10. The number of rotatable bonds is 3. The molecular weight excluding hydrogens is 206 g/mol. The third-order valence-corrected chi connectivity index (χ3v) is 2.28. The highest BCUT2D eigenvalue weighted by atomic mass is 16.2. The SMILES string of the molecule is O=C1C=C(CC(=O)c2ccccc2)C(=O)N1. The predicted molar refractivity (Wildman–Crippen MR) is 56.6 cm³/mol. The smallest absolute Gasteiger partial charge is 0.254 e. The van der Waals surface area contributed by atoms with Crippen LogP contribution in [0.15, 0.2) is 42.0 Å². The van der Waals surface area contributed by atoms with Gasteiger partial charge < -0.3 is 0 Å². The fourth-order valence-electron chi connectivity index (χ4n) is 1.48. The van der Waals surface area contributed by atoms with Gasteiger partial charge in [0.2, 0.25) is 0 Å². The lowest BCUT2D eigenvalue weighted by Crippen LogP contribution is -2.22. The van der Waals surface area contributed by atoms with Crippen LogP contribution >= 0.6 is 0 Å². The zero-order valence-electron chi connectivity index (χ0n) is 8.40. The van der Waals surface area contributed by atoms with Crippen molar-refractivity contribution in [2.24, 2.45) is 0 Å². The Kier molecular flexibility index (Phi) is 2.64. The fourth-order valence-corrected chi connectivity index (χ4v) is 1.48. The lowest BCUT2D eigenvalue weighted by Gasteiger charge is -1.99. The lowest BCUT2D eigenvalue weighted by atomic mass is 10.0. The second kappa shape index (κ2) is 4.10. The van der Waals surface area contributed by atoms with Crippen LogP contribution in [0.4, 0.5) is 0 Å². The van der Waals surface area contributed by atoms with Gasteiger partial charge in [-0.3, -0.25) is 19.7 Å². The number of amides is 2. The highest BCUT2D eigenvalue weighted by Gasteiger charge is 2.22. The number of benzene rings is 1. The Morgan fingerprint density at radius 3 is 2.38 bits per heavy atom. The van der Waals surface area contributed by atoms with Gasteiger partial charge in [0, 0.05) is 23.6 Å². The molecule has 0 fully saturated rings. The Bertz CT molecular complexity index is 488. The molecule has 0 saturated heterocycles. The van der Waals surface area contributed by atoms with E-state index in [2.05, 4.69) is 5.32 Å². The monoisotopic (exact) mass is 215 g/mol. The van der Waals surface area contributed by atoms with Crippen molar-refractivity contribution in [2.75, 3.05) is 0 Å². The third kappa shape index (κ3) is 2.06. The molecule has 1 N–H and O–H groups in total. The van der Waals surface area contributed by atoms with Gasteiger partial charge in [-0.25, -0.2) is 0 Å². The molecule has 1 aromatic rings. The van der Waals surface area contributed by atoms with Gasteiger partial charge in [-0.2, -0.15) is 0 Å². The first-order chi connectivity index (χ1) is 7.66. The Hall–Kier alpha value is -2.23. The number of imide groups is 1. The summed E-state index contributed by atoms with van der Waals surface area (Å²) >= 11 is 0. The van der Waals surface area contributed by atoms with E-state index >= 15 is 0 Å². The topological polar surface area (TPSA) is 63.2 Å². The summed E-state index contributed by atoms with van der Waals surface area (Å²) < 4.78 is 0. The summed E-state index contributed by atoms with van der Waals surface area (Å²) in [4.78, 5) is 33.8. The van der Waals surface area contributed by atoms with E-state index in [1.807, 2.05) is 6.07 Å². The van der Waals surface area contributed by atoms with Crippen LogP contribution in [0, 0.1) is 0 Å². The van der Waals surface area contributed by atoms with Gasteiger partial charge in [0.1, 0.15) is 0 Å². The molecule has 0 spiro atoms. The van der Waals surface area contributed by atoms with Crippen LogP contribution in [0.5, 0.6) is 0 Å². The van der Waals surface area contributed by atoms with Crippen LogP contribution in [-0.4, -0.2) is 17.6 Å². The molecule has 4 nitrogen and oxygen atoms in total. The number of nitrogens with one attached hydrogen (secondary N) is 1. The maximum atomic E-state index is 11.7. The van der Waals surface area contributed by atoms with E-state index in [1.54, 1.807) is 24.3 Å². The van der Waals surface area contributed by atoms with Crippen LogP contribution in [-0.2, 0) is 9.59 Å². The zero-order valence-corrected chi connectivity index (χ0v) is 8.40. The van der Waals surface area contributed by atoms with E-state index < -0.39 is 11.8 Å². The number of ketones is 1. The van der Waals surface area contributed by atoms with E-state index in [9.17, 15) is 14.4 Å². The van der Waals surface area contributed by atoms with Crippen molar-refractivity contribution in [3.63, 3.8) is 0 Å². The molecule has 16 heavy (non-hydrogen) atoms. The minimum Gasteiger partial charge on any atom is -0.294 e. The van der Waals surface area contributed by atoms with Gasteiger partial charge >= 0.3 is 0 Å². The highest BCUT2D eigenvalue weighted by molar-refractivity contribution is 6.18.